The smallest absolute Gasteiger partial charge is 0.246 e. The minimum Gasteiger partial charge on any atom is -0.394 e. The molecule has 1 saturated heterocycles. The number of nitrogens with two attached hydrogens (primary N) is 1. The summed E-state index contributed by atoms with van der Waals surface area (Å²) in [6, 6.07) is 1.73. The molecule has 8 heteroatoms. The van der Waals surface area contributed by atoms with Crippen molar-refractivity contribution < 1.29 is 21.9 Å². The molecule has 1 heterocycles. The SMILES string of the molecule is COC1CCN(S(=O)(=O)c2ccc(F)c(N)c2F)C1. The average molecular weight is 292 g/mol. The maximum atomic E-state index is 13.8. The van der Waals surface area contributed by atoms with E-state index < -0.39 is 32.2 Å². The molecule has 0 spiro atoms. The first kappa shape index (κ1) is 14.2. The van der Waals surface area contributed by atoms with E-state index >= 15 is 0 Å². The third-order valence-electron chi connectivity index (χ3n) is 3.15. The van der Waals surface area contributed by atoms with E-state index in [9.17, 15) is 17.2 Å². The molecule has 2 rings (SSSR count). The third-order valence-corrected chi connectivity index (χ3v) is 5.03. The van der Waals surface area contributed by atoms with Gasteiger partial charge in [-0.25, -0.2) is 17.2 Å². The summed E-state index contributed by atoms with van der Waals surface area (Å²) in [4.78, 5) is -0.608. The van der Waals surface area contributed by atoms with Crippen molar-refractivity contribution in [2.24, 2.45) is 0 Å². The molecule has 1 aliphatic heterocycles. The Balaban J connectivity index is 2.38. The van der Waals surface area contributed by atoms with Crippen molar-refractivity contribution in [2.45, 2.75) is 17.4 Å². The van der Waals surface area contributed by atoms with Crippen molar-refractivity contribution in [1.29, 1.82) is 0 Å². The Labute approximate surface area is 110 Å². The van der Waals surface area contributed by atoms with Gasteiger partial charge in [-0.15, -0.1) is 0 Å². The zero-order valence-electron chi connectivity index (χ0n) is 10.3. The summed E-state index contributed by atoms with van der Waals surface area (Å²) in [7, 11) is -2.54. The number of benzene rings is 1. The number of anilines is 1. The number of methoxy groups -OCH3 is 1. The summed E-state index contributed by atoms with van der Waals surface area (Å²) in [5, 5.41) is 0. The van der Waals surface area contributed by atoms with E-state index in [1.165, 1.54) is 7.11 Å². The lowest BCUT2D eigenvalue weighted by Gasteiger charge is -2.17. The van der Waals surface area contributed by atoms with Crippen LogP contribution in [0.5, 0.6) is 0 Å². The third kappa shape index (κ3) is 2.43. The summed E-state index contributed by atoms with van der Waals surface area (Å²) in [6.45, 7) is 0.382. The molecule has 1 fully saturated rings. The van der Waals surface area contributed by atoms with E-state index in [0.29, 0.717) is 6.42 Å². The Morgan fingerprint density at radius 3 is 2.68 bits per heavy atom. The number of sulfonamides is 1. The van der Waals surface area contributed by atoms with Gasteiger partial charge in [0.1, 0.15) is 16.4 Å². The molecule has 1 aromatic carbocycles. The van der Waals surface area contributed by atoms with Gasteiger partial charge in [-0.05, 0) is 18.6 Å². The molecule has 1 unspecified atom stereocenters. The second-order valence-electron chi connectivity index (χ2n) is 4.28. The van der Waals surface area contributed by atoms with Gasteiger partial charge < -0.3 is 10.5 Å². The molecule has 0 radical (unpaired) electrons. The summed E-state index contributed by atoms with van der Waals surface area (Å²) >= 11 is 0. The molecule has 2 N–H and O–H groups in total. The number of nitrogen functional groups attached to an aromatic ring is 1. The lowest BCUT2D eigenvalue weighted by Crippen LogP contribution is -2.31. The van der Waals surface area contributed by atoms with Gasteiger partial charge in [-0.3, -0.25) is 0 Å². The normalized spacial score (nSPS) is 20.9. The van der Waals surface area contributed by atoms with Crippen LogP contribution in [0.1, 0.15) is 6.42 Å². The van der Waals surface area contributed by atoms with Gasteiger partial charge >= 0.3 is 0 Å². The highest BCUT2D eigenvalue weighted by atomic mass is 32.2. The van der Waals surface area contributed by atoms with Crippen LogP contribution in [0.4, 0.5) is 14.5 Å². The predicted octanol–water partition coefficient (Wildman–Crippen LogP) is 0.956. The van der Waals surface area contributed by atoms with Gasteiger partial charge in [0.25, 0.3) is 0 Å². The monoisotopic (exact) mass is 292 g/mol. The zero-order chi connectivity index (χ0) is 14.2. The molecule has 1 aliphatic rings. The lowest BCUT2D eigenvalue weighted by atomic mass is 10.3. The molecule has 1 aromatic rings. The number of hydrogen-bond donors (Lipinski definition) is 1. The fourth-order valence-electron chi connectivity index (χ4n) is 2.00. The molecule has 106 valence electrons. The van der Waals surface area contributed by atoms with Gasteiger partial charge in [0.2, 0.25) is 10.0 Å². The van der Waals surface area contributed by atoms with Gasteiger partial charge in [0.15, 0.2) is 5.82 Å². The Morgan fingerprint density at radius 1 is 1.42 bits per heavy atom. The Hall–Kier alpha value is -1.25. The van der Waals surface area contributed by atoms with Crippen LogP contribution >= 0.6 is 0 Å². The van der Waals surface area contributed by atoms with E-state index in [4.69, 9.17) is 10.5 Å². The topological polar surface area (TPSA) is 72.6 Å². The first-order chi connectivity index (χ1) is 8.87. The quantitative estimate of drug-likeness (QED) is 0.842. The average Bonchev–Trinajstić information content (AvgIpc) is 2.85. The second kappa shape index (κ2) is 5.03. The van der Waals surface area contributed by atoms with Crippen molar-refractivity contribution in [3.8, 4) is 0 Å². The minimum atomic E-state index is -4.02. The lowest BCUT2D eigenvalue weighted by molar-refractivity contribution is 0.115. The highest BCUT2D eigenvalue weighted by Crippen LogP contribution is 2.27. The molecular formula is C11H14F2N2O3S. The van der Waals surface area contributed by atoms with E-state index in [2.05, 4.69) is 0 Å². The van der Waals surface area contributed by atoms with E-state index in [0.717, 1.165) is 16.4 Å². The van der Waals surface area contributed by atoms with Crippen LogP contribution in [0.3, 0.4) is 0 Å². The molecule has 0 aliphatic carbocycles. The number of halogens is 2. The molecular weight excluding hydrogens is 278 g/mol. The zero-order valence-corrected chi connectivity index (χ0v) is 11.1. The molecule has 19 heavy (non-hydrogen) atoms. The highest BCUT2D eigenvalue weighted by Gasteiger charge is 2.35. The summed E-state index contributed by atoms with van der Waals surface area (Å²) in [5.41, 5.74) is 4.39. The molecule has 0 saturated carbocycles. The Morgan fingerprint density at radius 2 is 2.11 bits per heavy atom. The van der Waals surface area contributed by atoms with Crippen molar-refractivity contribution in [1.82, 2.24) is 4.31 Å². The summed E-state index contributed by atoms with van der Waals surface area (Å²) < 4.78 is 57.5. The maximum absolute atomic E-state index is 13.8. The van der Waals surface area contributed by atoms with Crippen LogP contribution in [0.15, 0.2) is 17.0 Å². The van der Waals surface area contributed by atoms with E-state index in [-0.39, 0.29) is 19.2 Å². The summed E-state index contributed by atoms with van der Waals surface area (Å²) in [5.74, 6) is -2.23. The fourth-order valence-corrected chi connectivity index (χ4v) is 3.56. The van der Waals surface area contributed by atoms with Crippen LogP contribution in [0.2, 0.25) is 0 Å². The first-order valence-corrected chi connectivity index (χ1v) is 7.08. The van der Waals surface area contributed by atoms with Crippen molar-refractivity contribution >= 4 is 15.7 Å². The largest absolute Gasteiger partial charge is 0.394 e. The standard InChI is InChI=1S/C11H14F2N2O3S/c1-18-7-4-5-15(6-7)19(16,17)9-3-2-8(12)11(14)10(9)13/h2-3,7H,4-6,14H2,1H3. The van der Waals surface area contributed by atoms with Crippen LogP contribution in [-0.2, 0) is 14.8 Å². The van der Waals surface area contributed by atoms with E-state index in [1.807, 2.05) is 0 Å². The molecule has 5 nitrogen and oxygen atoms in total. The van der Waals surface area contributed by atoms with Crippen LogP contribution in [0, 0.1) is 11.6 Å². The maximum Gasteiger partial charge on any atom is 0.246 e. The molecule has 0 aromatic heterocycles. The fraction of sp³-hybridized carbons (Fsp3) is 0.455. The summed E-state index contributed by atoms with van der Waals surface area (Å²) in [6.07, 6.45) is 0.323. The van der Waals surface area contributed by atoms with Gasteiger partial charge in [0, 0.05) is 20.2 Å². The predicted molar refractivity (Wildman–Crippen MR) is 64.9 cm³/mol. The van der Waals surface area contributed by atoms with Crippen molar-refractivity contribution in [2.75, 3.05) is 25.9 Å². The molecule has 0 bridgehead atoms. The van der Waals surface area contributed by atoms with Gasteiger partial charge in [-0.1, -0.05) is 0 Å². The Bertz CT molecular complexity index is 592. The second-order valence-corrected chi connectivity index (χ2v) is 6.19. The first-order valence-electron chi connectivity index (χ1n) is 5.64. The number of hydrogen-bond acceptors (Lipinski definition) is 4. The van der Waals surface area contributed by atoms with Crippen molar-refractivity contribution in [3.63, 3.8) is 0 Å². The molecule has 1 atom stereocenters. The number of ether oxygens (including phenoxy) is 1. The van der Waals surface area contributed by atoms with Gasteiger partial charge in [-0.2, -0.15) is 4.31 Å². The molecule has 0 amide bonds. The Kier molecular flexibility index (Phi) is 3.75. The van der Waals surface area contributed by atoms with Crippen molar-refractivity contribution in [3.05, 3.63) is 23.8 Å². The highest BCUT2D eigenvalue weighted by molar-refractivity contribution is 7.89. The number of nitrogens with zero attached hydrogens (tertiary/aromatic N) is 1. The van der Waals surface area contributed by atoms with Gasteiger partial charge in [0.05, 0.1) is 6.10 Å². The number of rotatable bonds is 3. The van der Waals surface area contributed by atoms with E-state index in [1.54, 1.807) is 0 Å². The van der Waals surface area contributed by atoms with Crippen LogP contribution in [-0.4, -0.2) is 39.0 Å². The van der Waals surface area contributed by atoms with Crippen LogP contribution in [0.25, 0.3) is 0 Å². The van der Waals surface area contributed by atoms with Crippen LogP contribution < -0.4 is 5.73 Å². The minimum absolute atomic E-state index is 0.148.